The molecule has 6 rings (SSSR count). The molecule has 0 aliphatic heterocycles. The SMILES string of the molecule is CC(C)c1cn(C)c(=O)n1-c1ccnc(NC2(c3cn(-c4cc(Cl)cc(C5CC5)c4)cn3)CC2)n1. The van der Waals surface area contributed by atoms with Gasteiger partial charge in [-0.25, -0.2) is 19.3 Å². The zero-order chi connectivity index (χ0) is 24.3. The third kappa shape index (κ3) is 4.05. The molecular formula is C26H28ClN7O. The van der Waals surface area contributed by atoms with Gasteiger partial charge < -0.3 is 14.5 Å². The topological polar surface area (TPSA) is 82.6 Å². The Morgan fingerprint density at radius 3 is 2.66 bits per heavy atom. The van der Waals surface area contributed by atoms with Crippen LogP contribution in [-0.2, 0) is 12.6 Å². The minimum absolute atomic E-state index is 0.120. The molecule has 9 heteroatoms. The molecule has 2 aliphatic carbocycles. The van der Waals surface area contributed by atoms with Gasteiger partial charge in [0.15, 0.2) is 0 Å². The van der Waals surface area contributed by atoms with E-state index < -0.39 is 0 Å². The molecule has 3 aromatic heterocycles. The van der Waals surface area contributed by atoms with Crippen LogP contribution >= 0.6 is 11.6 Å². The zero-order valence-electron chi connectivity index (χ0n) is 20.1. The van der Waals surface area contributed by atoms with Gasteiger partial charge in [-0.2, -0.15) is 4.98 Å². The lowest BCUT2D eigenvalue weighted by Gasteiger charge is -2.16. The minimum Gasteiger partial charge on any atom is -0.343 e. The van der Waals surface area contributed by atoms with Crippen molar-refractivity contribution >= 4 is 17.5 Å². The van der Waals surface area contributed by atoms with E-state index in [1.165, 1.54) is 18.4 Å². The minimum atomic E-state index is -0.315. The summed E-state index contributed by atoms with van der Waals surface area (Å²) in [4.78, 5) is 26.6. The van der Waals surface area contributed by atoms with Crippen LogP contribution in [0.2, 0.25) is 5.02 Å². The van der Waals surface area contributed by atoms with Gasteiger partial charge in [0.1, 0.15) is 5.82 Å². The largest absolute Gasteiger partial charge is 0.343 e. The number of rotatable bonds is 7. The summed E-state index contributed by atoms with van der Waals surface area (Å²) in [6, 6.07) is 8.02. The zero-order valence-corrected chi connectivity index (χ0v) is 20.8. The molecule has 0 spiro atoms. The van der Waals surface area contributed by atoms with Crippen molar-refractivity contribution in [2.45, 2.75) is 56.9 Å². The molecule has 2 fully saturated rings. The summed E-state index contributed by atoms with van der Waals surface area (Å²) in [7, 11) is 1.76. The first kappa shape index (κ1) is 22.1. The van der Waals surface area contributed by atoms with Crippen molar-refractivity contribution in [3.8, 4) is 11.5 Å². The van der Waals surface area contributed by atoms with Gasteiger partial charge in [-0.1, -0.05) is 25.4 Å². The van der Waals surface area contributed by atoms with E-state index in [9.17, 15) is 4.79 Å². The molecular weight excluding hydrogens is 462 g/mol. The van der Waals surface area contributed by atoms with Gasteiger partial charge in [0.25, 0.3) is 0 Å². The highest BCUT2D eigenvalue weighted by molar-refractivity contribution is 6.30. The summed E-state index contributed by atoms with van der Waals surface area (Å²) in [5, 5.41) is 4.25. The Bertz CT molecular complexity index is 1470. The molecule has 0 saturated heterocycles. The summed E-state index contributed by atoms with van der Waals surface area (Å²) >= 11 is 6.41. The third-order valence-corrected chi connectivity index (χ3v) is 7.18. The van der Waals surface area contributed by atoms with Crippen molar-refractivity contribution in [1.82, 2.24) is 28.7 Å². The van der Waals surface area contributed by atoms with Crippen molar-refractivity contribution in [2.75, 3.05) is 5.32 Å². The first-order valence-corrected chi connectivity index (χ1v) is 12.5. The molecule has 35 heavy (non-hydrogen) atoms. The number of halogens is 1. The Balaban J connectivity index is 1.29. The number of aromatic nitrogens is 6. The molecule has 0 bridgehead atoms. The molecule has 0 radical (unpaired) electrons. The lowest BCUT2D eigenvalue weighted by atomic mass is 10.1. The standard InChI is InChI=1S/C26H28ClN7O/c1-16(2)21-13-32(3)25(35)34(21)23-6-9-28-24(30-23)31-26(7-8-26)22-14-33(15-29-22)20-11-18(17-4-5-17)10-19(27)12-20/h6,9-17H,4-5,7-8H2,1-3H3,(H,28,30,31). The summed E-state index contributed by atoms with van der Waals surface area (Å²) in [6.45, 7) is 4.13. The van der Waals surface area contributed by atoms with E-state index in [0.717, 1.165) is 34.9 Å². The van der Waals surface area contributed by atoms with Crippen LogP contribution in [0.3, 0.4) is 0 Å². The maximum Gasteiger partial charge on any atom is 0.333 e. The fourth-order valence-electron chi connectivity index (χ4n) is 4.64. The van der Waals surface area contributed by atoms with Crippen LogP contribution in [0, 0.1) is 0 Å². The van der Waals surface area contributed by atoms with Gasteiger partial charge in [-0.15, -0.1) is 0 Å². The highest BCUT2D eigenvalue weighted by atomic mass is 35.5. The van der Waals surface area contributed by atoms with Crippen LogP contribution in [0.25, 0.3) is 11.5 Å². The van der Waals surface area contributed by atoms with Crippen LogP contribution in [-0.4, -0.2) is 28.7 Å². The van der Waals surface area contributed by atoms with Gasteiger partial charge in [0.05, 0.1) is 17.6 Å². The molecule has 0 amide bonds. The Morgan fingerprint density at radius 1 is 1.14 bits per heavy atom. The Kier molecular flexibility index (Phi) is 5.11. The second-order valence-electron chi connectivity index (χ2n) is 10.1. The number of aryl methyl sites for hydroxylation is 1. The van der Waals surface area contributed by atoms with Crippen molar-refractivity contribution in [3.63, 3.8) is 0 Å². The molecule has 180 valence electrons. The fourth-order valence-corrected chi connectivity index (χ4v) is 4.88. The number of nitrogens with zero attached hydrogens (tertiary/aromatic N) is 6. The second kappa shape index (κ2) is 8.09. The fraction of sp³-hybridized carbons (Fsp3) is 0.385. The number of nitrogens with one attached hydrogen (secondary N) is 1. The monoisotopic (exact) mass is 489 g/mol. The van der Waals surface area contributed by atoms with Gasteiger partial charge in [0, 0.05) is 48.1 Å². The number of hydrogen-bond donors (Lipinski definition) is 1. The molecule has 1 aromatic carbocycles. The van der Waals surface area contributed by atoms with E-state index in [1.54, 1.807) is 28.4 Å². The molecule has 3 heterocycles. The van der Waals surface area contributed by atoms with Crippen molar-refractivity contribution in [3.05, 3.63) is 81.6 Å². The summed E-state index contributed by atoms with van der Waals surface area (Å²) in [6.07, 6.45) is 11.8. The molecule has 4 aromatic rings. The number of anilines is 1. The van der Waals surface area contributed by atoms with Gasteiger partial charge in [-0.3, -0.25) is 0 Å². The molecule has 0 atom stereocenters. The highest BCUT2D eigenvalue weighted by Gasteiger charge is 2.47. The van der Waals surface area contributed by atoms with Crippen LogP contribution in [0.15, 0.2) is 54.0 Å². The maximum atomic E-state index is 12.8. The van der Waals surface area contributed by atoms with Crippen molar-refractivity contribution in [1.29, 1.82) is 0 Å². The first-order valence-electron chi connectivity index (χ1n) is 12.1. The maximum absolute atomic E-state index is 12.8. The van der Waals surface area contributed by atoms with Gasteiger partial charge >= 0.3 is 5.69 Å². The molecule has 2 aliphatic rings. The number of hydrogen-bond acceptors (Lipinski definition) is 5. The Hall–Kier alpha value is -3.39. The predicted molar refractivity (Wildman–Crippen MR) is 136 cm³/mol. The van der Waals surface area contributed by atoms with Crippen LogP contribution < -0.4 is 11.0 Å². The Labute approximate surface area is 208 Å². The van der Waals surface area contributed by atoms with Crippen molar-refractivity contribution in [2.24, 2.45) is 7.05 Å². The first-order chi connectivity index (χ1) is 16.8. The predicted octanol–water partition coefficient (Wildman–Crippen LogP) is 4.91. The van der Waals surface area contributed by atoms with E-state index in [-0.39, 0.29) is 17.1 Å². The molecule has 8 nitrogen and oxygen atoms in total. The summed E-state index contributed by atoms with van der Waals surface area (Å²) < 4.78 is 5.27. The van der Waals surface area contributed by atoms with E-state index in [0.29, 0.717) is 17.7 Å². The number of imidazole rings is 2. The van der Waals surface area contributed by atoms with Crippen LogP contribution in [0.5, 0.6) is 0 Å². The quantitative estimate of drug-likeness (QED) is 0.399. The van der Waals surface area contributed by atoms with E-state index >= 15 is 0 Å². The normalized spacial score (nSPS) is 16.6. The third-order valence-electron chi connectivity index (χ3n) is 6.96. The summed E-state index contributed by atoms with van der Waals surface area (Å²) in [5.41, 5.74) is 3.74. The lowest BCUT2D eigenvalue weighted by Crippen LogP contribution is -2.25. The highest BCUT2D eigenvalue weighted by Crippen LogP contribution is 2.47. The smallest absolute Gasteiger partial charge is 0.333 e. The molecule has 2 saturated carbocycles. The number of benzene rings is 1. The second-order valence-corrected chi connectivity index (χ2v) is 10.5. The average Bonchev–Trinajstić information content (AvgIpc) is 3.75. The van der Waals surface area contributed by atoms with Crippen LogP contribution in [0.4, 0.5) is 5.95 Å². The average molecular weight is 490 g/mol. The van der Waals surface area contributed by atoms with Gasteiger partial charge in [-0.05, 0) is 61.3 Å². The van der Waals surface area contributed by atoms with E-state index in [1.807, 2.05) is 23.2 Å². The van der Waals surface area contributed by atoms with E-state index in [2.05, 4.69) is 42.5 Å². The van der Waals surface area contributed by atoms with Gasteiger partial charge in [0.2, 0.25) is 5.95 Å². The lowest BCUT2D eigenvalue weighted by molar-refractivity contribution is 0.740. The summed E-state index contributed by atoms with van der Waals surface area (Å²) in [5.74, 6) is 1.86. The Morgan fingerprint density at radius 2 is 1.94 bits per heavy atom. The molecule has 0 unspecified atom stereocenters. The van der Waals surface area contributed by atoms with Crippen molar-refractivity contribution < 1.29 is 0 Å². The van der Waals surface area contributed by atoms with E-state index in [4.69, 9.17) is 21.6 Å². The van der Waals surface area contributed by atoms with Crippen LogP contribution in [0.1, 0.15) is 68.3 Å². The molecule has 1 N–H and O–H groups in total.